The molecule has 100 valence electrons. The summed E-state index contributed by atoms with van der Waals surface area (Å²) >= 11 is 5.93. The first-order chi connectivity index (χ1) is 9.54. The zero-order valence-electron chi connectivity index (χ0n) is 10.2. The van der Waals surface area contributed by atoms with Crippen LogP contribution in [-0.4, -0.2) is 4.98 Å². The van der Waals surface area contributed by atoms with E-state index in [0.717, 1.165) is 22.9 Å². The van der Waals surface area contributed by atoms with Crippen molar-refractivity contribution in [3.63, 3.8) is 0 Å². The molecule has 3 aromatic rings. The van der Waals surface area contributed by atoms with Crippen molar-refractivity contribution < 1.29 is 8.78 Å². The molecule has 0 aliphatic carbocycles. The fraction of sp³-hybridized carbons (Fsp3) is 0. The fourth-order valence-electron chi connectivity index (χ4n) is 2.13. The van der Waals surface area contributed by atoms with Crippen LogP contribution in [0.1, 0.15) is 0 Å². The van der Waals surface area contributed by atoms with Crippen molar-refractivity contribution in [1.82, 2.24) is 4.98 Å². The second kappa shape index (κ2) is 4.72. The zero-order chi connectivity index (χ0) is 14.3. The number of benzene rings is 2. The molecule has 0 saturated carbocycles. The summed E-state index contributed by atoms with van der Waals surface area (Å²) in [5, 5.41) is 1.72. The van der Waals surface area contributed by atoms with E-state index < -0.39 is 11.6 Å². The van der Waals surface area contributed by atoms with Gasteiger partial charge in [-0.1, -0.05) is 23.7 Å². The van der Waals surface area contributed by atoms with Crippen LogP contribution in [0, 0.1) is 11.6 Å². The summed E-state index contributed by atoms with van der Waals surface area (Å²) in [6.45, 7) is 0. The summed E-state index contributed by atoms with van der Waals surface area (Å²) in [5.41, 5.74) is 6.34. The highest BCUT2D eigenvalue weighted by molar-refractivity contribution is 6.33. The van der Waals surface area contributed by atoms with Crippen LogP contribution in [-0.2, 0) is 0 Å². The number of nitrogens with two attached hydrogens (primary N) is 1. The molecule has 0 saturated heterocycles. The Morgan fingerprint density at radius 1 is 1.00 bits per heavy atom. The molecule has 0 bridgehead atoms. The number of hydrogen-bond acceptors (Lipinski definition) is 2. The Labute approximate surface area is 118 Å². The first-order valence-electron chi connectivity index (χ1n) is 5.85. The van der Waals surface area contributed by atoms with Gasteiger partial charge in [-0.05, 0) is 29.1 Å². The first-order valence-corrected chi connectivity index (χ1v) is 6.22. The molecule has 0 aliphatic rings. The van der Waals surface area contributed by atoms with E-state index in [9.17, 15) is 8.78 Å². The smallest absolute Gasteiger partial charge is 0.135 e. The minimum absolute atomic E-state index is 0.0326. The summed E-state index contributed by atoms with van der Waals surface area (Å²) in [5.74, 6) is -0.986. The largest absolute Gasteiger partial charge is 0.384 e. The van der Waals surface area contributed by atoms with Gasteiger partial charge in [0.15, 0.2) is 0 Å². The molecule has 0 unspecified atom stereocenters. The Bertz CT molecular complexity index is 795. The highest BCUT2D eigenvalue weighted by Gasteiger charge is 2.12. The number of nitrogen functional groups attached to an aromatic ring is 1. The van der Waals surface area contributed by atoms with Gasteiger partial charge in [0, 0.05) is 23.2 Å². The summed E-state index contributed by atoms with van der Waals surface area (Å²) < 4.78 is 27.0. The average molecular weight is 291 g/mol. The molecule has 0 radical (unpaired) electrons. The molecular formula is C15H9ClF2N2. The Morgan fingerprint density at radius 3 is 2.55 bits per heavy atom. The van der Waals surface area contributed by atoms with Crippen LogP contribution in [0.3, 0.4) is 0 Å². The fourth-order valence-corrected chi connectivity index (χ4v) is 2.44. The maximum Gasteiger partial charge on any atom is 0.135 e. The van der Waals surface area contributed by atoms with Crippen LogP contribution in [0.2, 0.25) is 5.02 Å². The molecular weight excluding hydrogens is 282 g/mol. The summed E-state index contributed by atoms with van der Waals surface area (Å²) in [6.07, 6.45) is 1.60. The van der Waals surface area contributed by atoms with Crippen LogP contribution in [0.4, 0.5) is 14.6 Å². The van der Waals surface area contributed by atoms with Crippen molar-refractivity contribution >= 4 is 28.2 Å². The number of nitrogens with zero attached hydrogens (tertiary/aromatic N) is 1. The lowest BCUT2D eigenvalue weighted by atomic mass is 10.0. The zero-order valence-corrected chi connectivity index (χ0v) is 11.0. The predicted octanol–water partition coefficient (Wildman–Crippen LogP) is 4.42. The van der Waals surface area contributed by atoms with Gasteiger partial charge < -0.3 is 5.73 Å². The van der Waals surface area contributed by atoms with Gasteiger partial charge in [0.1, 0.15) is 17.5 Å². The Morgan fingerprint density at radius 2 is 1.80 bits per heavy atom. The van der Waals surface area contributed by atoms with Crippen molar-refractivity contribution in [3.05, 3.63) is 59.3 Å². The number of halogens is 3. The molecule has 2 nitrogen and oxygen atoms in total. The second-order valence-electron chi connectivity index (χ2n) is 4.42. The Balaban J connectivity index is 2.23. The number of hydrogen-bond donors (Lipinski definition) is 1. The average Bonchev–Trinajstić information content (AvgIpc) is 2.37. The second-order valence-corrected chi connectivity index (χ2v) is 4.82. The summed E-state index contributed by atoms with van der Waals surface area (Å²) in [7, 11) is 0. The maximum absolute atomic E-state index is 13.9. The highest BCUT2D eigenvalue weighted by Crippen LogP contribution is 2.33. The van der Waals surface area contributed by atoms with E-state index in [1.165, 1.54) is 0 Å². The summed E-state index contributed by atoms with van der Waals surface area (Å²) in [6, 6.07) is 8.87. The van der Waals surface area contributed by atoms with Crippen LogP contribution in [0.25, 0.3) is 21.9 Å². The number of rotatable bonds is 1. The van der Waals surface area contributed by atoms with E-state index >= 15 is 0 Å². The molecule has 2 aromatic carbocycles. The van der Waals surface area contributed by atoms with Gasteiger partial charge in [-0.15, -0.1) is 0 Å². The Kier molecular flexibility index (Phi) is 3.03. The van der Waals surface area contributed by atoms with Crippen LogP contribution >= 0.6 is 11.6 Å². The third-order valence-electron chi connectivity index (χ3n) is 3.04. The van der Waals surface area contributed by atoms with E-state index in [-0.39, 0.29) is 10.6 Å². The van der Waals surface area contributed by atoms with Crippen LogP contribution in [0.15, 0.2) is 42.6 Å². The lowest BCUT2D eigenvalue weighted by molar-refractivity contribution is 0.586. The molecule has 0 aliphatic heterocycles. The van der Waals surface area contributed by atoms with E-state index in [4.69, 9.17) is 17.3 Å². The Hall–Kier alpha value is -2.20. The van der Waals surface area contributed by atoms with E-state index in [2.05, 4.69) is 4.98 Å². The number of fused-ring (bicyclic) bond motifs is 1. The van der Waals surface area contributed by atoms with E-state index in [0.29, 0.717) is 11.4 Å². The molecule has 1 heterocycles. The van der Waals surface area contributed by atoms with Crippen molar-refractivity contribution in [3.8, 4) is 11.1 Å². The lowest BCUT2D eigenvalue weighted by Gasteiger charge is -2.08. The maximum atomic E-state index is 13.9. The van der Waals surface area contributed by atoms with Gasteiger partial charge in [0.2, 0.25) is 0 Å². The normalized spacial score (nSPS) is 10.9. The van der Waals surface area contributed by atoms with E-state index in [1.807, 2.05) is 0 Å². The standard InChI is InChI=1S/C15H9ClF2N2/c16-12-5-11(17)6-13(18)15(12)9-2-1-8-4-14(19)20-7-10(8)3-9/h1-7H,(H2,19,20). The molecule has 5 heteroatoms. The lowest BCUT2D eigenvalue weighted by Crippen LogP contribution is -1.91. The minimum Gasteiger partial charge on any atom is -0.384 e. The quantitative estimate of drug-likeness (QED) is 0.721. The van der Waals surface area contributed by atoms with Gasteiger partial charge >= 0.3 is 0 Å². The summed E-state index contributed by atoms with van der Waals surface area (Å²) in [4.78, 5) is 3.99. The van der Waals surface area contributed by atoms with Gasteiger partial charge in [0.05, 0.1) is 5.02 Å². The predicted molar refractivity (Wildman–Crippen MR) is 76.5 cm³/mol. The molecule has 20 heavy (non-hydrogen) atoms. The molecule has 2 N–H and O–H groups in total. The topological polar surface area (TPSA) is 38.9 Å². The SMILES string of the molecule is Nc1cc2ccc(-c3c(F)cc(F)cc3Cl)cc2cn1. The molecule has 0 fully saturated rings. The van der Waals surface area contributed by atoms with Gasteiger partial charge in [-0.2, -0.15) is 0 Å². The van der Waals surface area contributed by atoms with Crippen LogP contribution < -0.4 is 5.73 Å². The molecule has 0 spiro atoms. The van der Waals surface area contributed by atoms with Crippen LogP contribution in [0.5, 0.6) is 0 Å². The van der Waals surface area contributed by atoms with E-state index in [1.54, 1.807) is 30.5 Å². The molecule has 1 aromatic heterocycles. The number of anilines is 1. The highest BCUT2D eigenvalue weighted by atomic mass is 35.5. The third-order valence-corrected chi connectivity index (χ3v) is 3.34. The van der Waals surface area contributed by atoms with Gasteiger partial charge in [-0.3, -0.25) is 0 Å². The van der Waals surface area contributed by atoms with Crippen molar-refractivity contribution in [1.29, 1.82) is 0 Å². The van der Waals surface area contributed by atoms with Gasteiger partial charge in [0.25, 0.3) is 0 Å². The molecule has 3 rings (SSSR count). The number of aromatic nitrogens is 1. The first kappa shape index (κ1) is 12.8. The monoisotopic (exact) mass is 290 g/mol. The van der Waals surface area contributed by atoms with Crippen molar-refractivity contribution in [2.45, 2.75) is 0 Å². The van der Waals surface area contributed by atoms with Gasteiger partial charge in [-0.25, -0.2) is 13.8 Å². The molecule has 0 amide bonds. The number of pyridine rings is 1. The minimum atomic E-state index is -0.702. The molecule has 0 atom stereocenters. The van der Waals surface area contributed by atoms with Crippen molar-refractivity contribution in [2.24, 2.45) is 0 Å². The third kappa shape index (κ3) is 2.18. The van der Waals surface area contributed by atoms with Crippen molar-refractivity contribution in [2.75, 3.05) is 5.73 Å².